The average molecular weight is 384 g/mol. The van der Waals surface area contributed by atoms with Crippen LogP contribution in [0.3, 0.4) is 0 Å². The first-order valence-electron chi connectivity index (χ1n) is 6.16. The Hall–Kier alpha value is -1.47. The Balaban J connectivity index is 2.09. The van der Waals surface area contributed by atoms with Crippen LogP contribution in [0, 0.1) is 0 Å². The van der Waals surface area contributed by atoms with E-state index in [1.54, 1.807) is 7.11 Å². The Kier molecular flexibility index (Phi) is 5.49. The fourth-order valence-corrected chi connectivity index (χ4v) is 2.19. The van der Waals surface area contributed by atoms with Crippen LogP contribution in [0.5, 0.6) is 5.75 Å². The maximum absolute atomic E-state index is 5.98. The van der Waals surface area contributed by atoms with E-state index in [0.717, 1.165) is 27.2 Å². The number of rotatable bonds is 6. The summed E-state index contributed by atoms with van der Waals surface area (Å²) >= 11 is 2.33. The Morgan fingerprint density at radius 3 is 2.55 bits per heavy atom. The molecule has 0 saturated heterocycles. The van der Waals surface area contributed by atoms with E-state index in [9.17, 15) is 0 Å². The molecule has 0 aliphatic rings. The molecule has 5 heteroatoms. The third-order valence-corrected chi connectivity index (χ3v) is 3.63. The van der Waals surface area contributed by atoms with Crippen molar-refractivity contribution in [3.05, 3.63) is 48.0 Å². The number of hydrogen-bond acceptors (Lipinski definition) is 4. The molecule has 0 atom stereocenters. The molecule has 0 heterocycles. The summed E-state index contributed by atoms with van der Waals surface area (Å²) in [5.74, 6) is 0.770. The van der Waals surface area contributed by atoms with Gasteiger partial charge >= 0.3 is 0 Å². The van der Waals surface area contributed by atoms with Crippen molar-refractivity contribution in [2.75, 3.05) is 25.0 Å². The largest absolute Gasteiger partial charge is 0.468 e. The van der Waals surface area contributed by atoms with E-state index in [1.807, 2.05) is 36.4 Å². The van der Waals surface area contributed by atoms with E-state index >= 15 is 0 Å². The van der Waals surface area contributed by atoms with Gasteiger partial charge in [-0.05, 0) is 42.0 Å². The van der Waals surface area contributed by atoms with E-state index in [0.29, 0.717) is 0 Å². The molecule has 0 spiro atoms. The summed E-state index contributed by atoms with van der Waals surface area (Å²) in [6.45, 7) is 0.247. The van der Waals surface area contributed by atoms with Crippen molar-refractivity contribution in [2.24, 2.45) is 0 Å². The minimum atomic E-state index is 0.247. The van der Waals surface area contributed by atoms with Gasteiger partial charge in [0.1, 0.15) is 5.75 Å². The van der Waals surface area contributed by atoms with Crippen molar-refractivity contribution < 1.29 is 9.47 Å². The second-order valence-electron chi connectivity index (χ2n) is 4.26. The van der Waals surface area contributed by atoms with Crippen LogP contribution in [-0.4, -0.2) is 13.9 Å². The highest BCUT2D eigenvalue weighted by Gasteiger charge is 2.02. The Morgan fingerprint density at radius 1 is 1.15 bits per heavy atom. The number of alkyl halides is 1. The molecule has 0 fully saturated rings. The third-order valence-electron chi connectivity index (χ3n) is 2.75. The summed E-state index contributed by atoms with van der Waals surface area (Å²) in [4.78, 5) is 0. The maximum Gasteiger partial charge on any atom is 0.188 e. The van der Waals surface area contributed by atoms with Crippen molar-refractivity contribution in [3.8, 4) is 5.75 Å². The molecule has 106 valence electrons. The molecule has 4 nitrogen and oxygen atoms in total. The standard InChI is InChI=1S/C15H17IN2O2/c1-19-10-20-13-5-3-12(4-6-13)18-15-8-11(9-16)2-7-14(15)17/h2-8,18H,9-10,17H2,1H3. The van der Waals surface area contributed by atoms with Crippen molar-refractivity contribution >= 4 is 39.7 Å². The van der Waals surface area contributed by atoms with Gasteiger partial charge in [0.15, 0.2) is 6.79 Å². The Morgan fingerprint density at radius 2 is 1.90 bits per heavy atom. The van der Waals surface area contributed by atoms with Crippen LogP contribution in [0.15, 0.2) is 42.5 Å². The minimum absolute atomic E-state index is 0.247. The summed E-state index contributed by atoms with van der Waals surface area (Å²) in [5.41, 5.74) is 9.84. The van der Waals surface area contributed by atoms with Crippen LogP contribution < -0.4 is 15.8 Å². The summed E-state index contributed by atoms with van der Waals surface area (Å²) in [7, 11) is 1.60. The van der Waals surface area contributed by atoms with E-state index in [4.69, 9.17) is 15.2 Å². The molecular weight excluding hydrogens is 367 g/mol. The number of ether oxygens (including phenoxy) is 2. The lowest BCUT2D eigenvalue weighted by atomic mass is 10.2. The van der Waals surface area contributed by atoms with Gasteiger partial charge in [-0.2, -0.15) is 0 Å². The number of methoxy groups -OCH3 is 1. The lowest BCUT2D eigenvalue weighted by Crippen LogP contribution is -1.99. The first-order chi connectivity index (χ1) is 9.72. The van der Waals surface area contributed by atoms with Crippen LogP contribution >= 0.6 is 22.6 Å². The smallest absolute Gasteiger partial charge is 0.188 e. The maximum atomic E-state index is 5.98. The summed E-state index contributed by atoms with van der Waals surface area (Å²) in [5, 5.41) is 3.32. The zero-order chi connectivity index (χ0) is 14.4. The minimum Gasteiger partial charge on any atom is -0.468 e. The Bertz CT molecular complexity index is 558. The summed E-state index contributed by atoms with van der Waals surface area (Å²) < 4.78 is 11.2. The van der Waals surface area contributed by atoms with Gasteiger partial charge in [-0.1, -0.05) is 28.7 Å². The van der Waals surface area contributed by atoms with Crippen molar-refractivity contribution in [2.45, 2.75) is 4.43 Å². The normalized spacial score (nSPS) is 10.3. The van der Waals surface area contributed by atoms with Gasteiger partial charge in [-0.15, -0.1) is 0 Å². The van der Waals surface area contributed by atoms with Gasteiger partial charge in [0.2, 0.25) is 0 Å². The van der Waals surface area contributed by atoms with Gasteiger partial charge in [0, 0.05) is 17.2 Å². The topological polar surface area (TPSA) is 56.5 Å². The first kappa shape index (κ1) is 14.9. The summed E-state index contributed by atoms with van der Waals surface area (Å²) in [6.07, 6.45) is 0. The number of nitrogen functional groups attached to an aromatic ring is 1. The molecule has 20 heavy (non-hydrogen) atoms. The molecule has 2 aromatic carbocycles. The molecule has 2 aromatic rings. The van der Waals surface area contributed by atoms with Crippen LogP contribution in [0.2, 0.25) is 0 Å². The number of hydrogen-bond donors (Lipinski definition) is 2. The quantitative estimate of drug-likeness (QED) is 0.343. The predicted octanol–water partition coefficient (Wildman–Crippen LogP) is 3.93. The van der Waals surface area contributed by atoms with E-state index < -0.39 is 0 Å². The molecule has 2 rings (SSSR count). The second kappa shape index (κ2) is 7.35. The van der Waals surface area contributed by atoms with Gasteiger partial charge in [0.25, 0.3) is 0 Å². The van der Waals surface area contributed by atoms with E-state index in [-0.39, 0.29) is 6.79 Å². The summed E-state index contributed by atoms with van der Waals surface area (Å²) in [6, 6.07) is 13.7. The van der Waals surface area contributed by atoms with Gasteiger partial charge in [-0.25, -0.2) is 0 Å². The molecule has 0 aromatic heterocycles. The molecule has 3 N–H and O–H groups in total. The number of anilines is 3. The number of nitrogens with one attached hydrogen (secondary N) is 1. The zero-order valence-electron chi connectivity index (χ0n) is 11.2. The molecule has 0 saturated carbocycles. The van der Waals surface area contributed by atoms with E-state index in [2.05, 4.69) is 34.0 Å². The lowest BCUT2D eigenvalue weighted by Gasteiger charge is -2.11. The molecule has 0 aliphatic carbocycles. The molecule has 0 radical (unpaired) electrons. The van der Waals surface area contributed by atoms with Gasteiger partial charge < -0.3 is 20.5 Å². The number of halogens is 1. The molecule has 0 aliphatic heterocycles. The first-order valence-corrected chi connectivity index (χ1v) is 7.68. The highest BCUT2D eigenvalue weighted by molar-refractivity contribution is 14.1. The number of nitrogens with two attached hydrogens (primary N) is 1. The van der Waals surface area contributed by atoms with E-state index in [1.165, 1.54) is 5.56 Å². The van der Waals surface area contributed by atoms with Crippen molar-refractivity contribution in [1.29, 1.82) is 0 Å². The van der Waals surface area contributed by atoms with Crippen molar-refractivity contribution in [1.82, 2.24) is 0 Å². The second-order valence-corrected chi connectivity index (χ2v) is 5.02. The highest BCUT2D eigenvalue weighted by Crippen LogP contribution is 2.26. The van der Waals surface area contributed by atoms with Crippen LogP contribution in [0.4, 0.5) is 17.1 Å². The highest BCUT2D eigenvalue weighted by atomic mass is 127. The molecular formula is C15H17IN2O2. The molecule has 0 bridgehead atoms. The predicted molar refractivity (Wildman–Crippen MR) is 90.8 cm³/mol. The monoisotopic (exact) mass is 384 g/mol. The van der Waals surface area contributed by atoms with Crippen LogP contribution in [-0.2, 0) is 9.16 Å². The van der Waals surface area contributed by atoms with Crippen LogP contribution in [0.1, 0.15) is 5.56 Å². The SMILES string of the molecule is COCOc1ccc(Nc2cc(CI)ccc2N)cc1. The molecule has 0 unspecified atom stereocenters. The zero-order valence-corrected chi connectivity index (χ0v) is 13.4. The van der Waals surface area contributed by atoms with Gasteiger partial charge in [-0.3, -0.25) is 0 Å². The third kappa shape index (κ3) is 4.01. The number of benzene rings is 2. The van der Waals surface area contributed by atoms with Crippen LogP contribution in [0.25, 0.3) is 0 Å². The fourth-order valence-electron chi connectivity index (χ4n) is 1.71. The van der Waals surface area contributed by atoms with Crippen molar-refractivity contribution in [3.63, 3.8) is 0 Å². The van der Waals surface area contributed by atoms with Gasteiger partial charge in [0.05, 0.1) is 11.4 Å². The average Bonchev–Trinajstić information content (AvgIpc) is 2.49. The lowest BCUT2D eigenvalue weighted by molar-refractivity contribution is 0.0511. The Labute approximate surface area is 132 Å². The molecule has 0 amide bonds. The fraction of sp³-hybridized carbons (Fsp3) is 0.200.